The van der Waals surface area contributed by atoms with Gasteiger partial charge in [0.15, 0.2) is 0 Å². The summed E-state index contributed by atoms with van der Waals surface area (Å²) in [5.41, 5.74) is 0.486. The van der Waals surface area contributed by atoms with Gasteiger partial charge in [-0.2, -0.15) is 5.26 Å². The highest BCUT2D eigenvalue weighted by Gasteiger charge is 2.08. The van der Waals surface area contributed by atoms with Gasteiger partial charge < -0.3 is 14.7 Å². The number of nitrogens with zero attached hydrogens (tertiary/aromatic N) is 2. The van der Waals surface area contributed by atoms with E-state index in [0.717, 1.165) is 0 Å². The number of aliphatic hydroxyl groups excluding tert-OH is 1. The topological polar surface area (TPSA) is 56.5 Å². The number of ether oxygens (including phenoxy) is 1. The molecule has 0 bridgehead atoms. The Morgan fingerprint density at radius 2 is 2.12 bits per heavy atom. The molecule has 0 aliphatic heterocycles. The Labute approximate surface area is 95.7 Å². The molecule has 0 aromatic heterocycles. The van der Waals surface area contributed by atoms with Gasteiger partial charge in [0.05, 0.1) is 5.56 Å². The summed E-state index contributed by atoms with van der Waals surface area (Å²) >= 11 is 0. The highest BCUT2D eigenvalue weighted by atomic mass is 16.5. The number of para-hydroxylation sites is 1. The second-order valence-electron chi connectivity index (χ2n) is 3.84. The molecule has 16 heavy (non-hydrogen) atoms. The van der Waals surface area contributed by atoms with Gasteiger partial charge in [0.25, 0.3) is 0 Å². The first-order valence-electron chi connectivity index (χ1n) is 5.08. The van der Waals surface area contributed by atoms with Crippen molar-refractivity contribution in [2.75, 3.05) is 27.2 Å². The predicted molar refractivity (Wildman–Crippen MR) is 61.2 cm³/mol. The van der Waals surface area contributed by atoms with Crippen LogP contribution >= 0.6 is 0 Å². The highest BCUT2D eigenvalue weighted by molar-refractivity contribution is 5.42. The third-order valence-electron chi connectivity index (χ3n) is 2.01. The van der Waals surface area contributed by atoms with E-state index >= 15 is 0 Å². The van der Waals surface area contributed by atoms with Crippen molar-refractivity contribution in [2.24, 2.45) is 0 Å². The fraction of sp³-hybridized carbons (Fsp3) is 0.417. The average Bonchev–Trinajstić information content (AvgIpc) is 2.26. The quantitative estimate of drug-likeness (QED) is 0.799. The van der Waals surface area contributed by atoms with Gasteiger partial charge in [-0.1, -0.05) is 12.1 Å². The van der Waals surface area contributed by atoms with Crippen molar-refractivity contribution in [2.45, 2.75) is 6.10 Å². The molecule has 0 fully saturated rings. The predicted octanol–water partition coefficient (Wildman–Crippen LogP) is 0.860. The van der Waals surface area contributed by atoms with Crippen LogP contribution in [0.2, 0.25) is 0 Å². The normalized spacial score (nSPS) is 12.2. The molecule has 1 rings (SSSR count). The fourth-order valence-electron chi connectivity index (χ4n) is 1.35. The van der Waals surface area contributed by atoms with Crippen LogP contribution in [0.25, 0.3) is 0 Å². The maximum absolute atomic E-state index is 9.59. The van der Waals surface area contributed by atoms with Crippen LogP contribution in [0.1, 0.15) is 5.56 Å². The van der Waals surface area contributed by atoms with E-state index in [-0.39, 0.29) is 6.61 Å². The number of hydrogen-bond donors (Lipinski definition) is 1. The van der Waals surface area contributed by atoms with Crippen LogP contribution in [0, 0.1) is 11.3 Å². The van der Waals surface area contributed by atoms with Crippen molar-refractivity contribution in [3.63, 3.8) is 0 Å². The molecular weight excluding hydrogens is 204 g/mol. The summed E-state index contributed by atoms with van der Waals surface area (Å²) in [6.07, 6.45) is -0.554. The van der Waals surface area contributed by atoms with E-state index in [1.165, 1.54) is 0 Å². The number of aliphatic hydroxyl groups is 1. The summed E-state index contributed by atoms with van der Waals surface area (Å²) in [6, 6.07) is 9.03. The van der Waals surface area contributed by atoms with Crippen LogP contribution in [0.15, 0.2) is 24.3 Å². The molecule has 1 atom stereocenters. The van der Waals surface area contributed by atoms with Crippen molar-refractivity contribution in [1.29, 1.82) is 5.26 Å². The molecule has 0 saturated heterocycles. The van der Waals surface area contributed by atoms with Gasteiger partial charge in [0, 0.05) is 6.54 Å². The largest absolute Gasteiger partial charge is 0.489 e. The molecule has 0 saturated carbocycles. The Morgan fingerprint density at radius 3 is 2.75 bits per heavy atom. The molecule has 0 heterocycles. The monoisotopic (exact) mass is 220 g/mol. The van der Waals surface area contributed by atoms with Gasteiger partial charge in [-0.25, -0.2) is 0 Å². The number of rotatable bonds is 5. The van der Waals surface area contributed by atoms with Gasteiger partial charge in [-0.3, -0.25) is 0 Å². The number of likely N-dealkylation sites (N-methyl/N-ethyl adjacent to an activating group) is 1. The molecule has 0 aliphatic carbocycles. The third kappa shape index (κ3) is 3.89. The van der Waals surface area contributed by atoms with Gasteiger partial charge in [-0.05, 0) is 26.2 Å². The third-order valence-corrected chi connectivity index (χ3v) is 2.01. The Kier molecular flexibility index (Phi) is 4.77. The fourth-order valence-corrected chi connectivity index (χ4v) is 1.35. The zero-order valence-corrected chi connectivity index (χ0v) is 9.55. The van der Waals surface area contributed by atoms with E-state index in [1.807, 2.05) is 25.1 Å². The standard InChI is InChI=1S/C12H16N2O2/c1-14(2)8-11(15)9-16-12-6-4-3-5-10(12)7-13/h3-6,11,15H,8-9H2,1-2H3. The van der Waals surface area contributed by atoms with Crippen molar-refractivity contribution in [3.8, 4) is 11.8 Å². The molecular formula is C12H16N2O2. The first-order valence-corrected chi connectivity index (χ1v) is 5.08. The lowest BCUT2D eigenvalue weighted by Gasteiger charge is -2.16. The minimum Gasteiger partial charge on any atom is -0.489 e. The molecule has 1 N–H and O–H groups in total. The van der Waals surface area contributed by atoms with Crippen molar-refractivity contribution < 1.29 is 9.84 Å². The lowest BCUT2D eigenvalue weighted by molar-refractivity contribution is 0.0830. The molecule has 1 aromatic carbocycles. The molecule has 0 spiro atoms. The second kappa shape index (κ2) is 6.11. The molecule has 1 unspecified atom stereocenters. The smallest absolute Gasteiger partial charge is 0.137 e. The van der Waals surface area contributed by atoms with Gasteiger partial charge in [0.2, 0.25) is 0 Å². The summed E-state index contributed by atoms with van der Waals surface area (Å²) < 4.78 is 5.39. The Hall–Kier alpha value is -1.57. The Bertz CT molecular complexity index is 372. The molecule has 86 valence electrons. The molecule has 4 nitrogen and oxygen atoms in total. The van der Waals surface area contributed by atoms with E-state index < -0.39 is 6.10 Å². The SMILES string of the molecule is CN(C)CC(O)COc1ccccc1C#N. The zero-order chi connectivity index (χ0) is 12.0. The second-order valence-corrected chi connectivity index (χ2v) is 3.84. The first-order chi connectivity index (χ1) is 7.63. The van der Waals surface area contributed by atoms with E-state index in [0.29, 0.717) is 17.9 Å². The molecule has 1 aromatic rings. The minimum absolute atomic E-state index is 0.191. The lowest BCUT2D eigenvalue weighted by atomic mass is 10.2. The molecule has 0 radical (unpaired) electrons. The highest BCUT2D eigenvalue weighted by Crippen LogP contribution is 2.16. The maximum atomic E-state index is 9.59. The summed E-state index contributed by atoms with van der Waals surface area (Å²) in [5.74, 6) is 0.516. The van der Waals surface area contributed by atoms with E-state index in [4.69, 9.17) is 10.00 Å². The van der Waals surface area contributed by atoms with Crippen LogP contribution in [-0.2, 0) is 0 Å². The van der Waals surface area contributed by atoms with E-state index in [9.17, 15) is 5.11 Å². The average molecular weight is 220 g/mol. The van der Waals surface area contributed by atoms with E-state index in [1.54, 1.807) is 24.3 Å². The zero-order valence-electron chi connectivity index (χ0n) is 9.55. The van der Waals surface area contributed by atoms with Crippen LogP contribution < -0.4 is 4.74 Å². The Balaban J connectivity index is 2.52. The molecule has 0 amide bonds. The van der Waals surface area contributed by atoms with Gasteiger partial charge in [0.1, 0.15) is 24.5 Å². The first kappa shape index (κ1) is 12.5. The number of hydrogen-bond acceptors (Lipinski definition) is 4. The minimum atomic E-state index is -0.554. The maximum Gasteiger partial charge on any atom is 0.137 e. The summed E-state index contributed by atoms with van der Waals surface area (Å²) in [7, 11) is 3.76. The lowest BCUT2D eigenvalue weighted by Crippen LogP contribution is -2.30. The van der Waals surface area contributed by atoms with Crippen LogP contribution in [0.3, 0.4) is 0 Å². The number of nitriles is 1. The summed E-state index contributed by atoms with van der Waals surface area (Å²) in [5, 5.41) is 18.4. The van der Waals surface area contributed by atoms with Crippen LogP contribution in [-0.4, -0.2) is 43.4 Å². The number of benzene rings is 1. The van der Waals surface area contributed by atoms with E-state index in [2.05, 4.69) is 0 Å². The van der Waals surface area contributed by atoms with Crippen molar-refractivity contribution >= 4 is 0 Å². The summed E-state index contributed by atoms with van der Waals surface area (Å²) in [6.45, 7) is 0.728. The van der Waals surface area contributed by atoms with Crippen LogP contribution in [0.5, 0.6) is 5.75 Å². The molecule has 4 heteroatoms. The van der Waals surface area contributed by atoms with Crippen LogP contribution in [0.4, 0.5) is 0 Å². The summed E-state index contributed by atoms with van der Waals surface area (Å²) in [4.78, 5) is 1.88. The molecule has 0 aliphatic rings. The van der Waals surface area contributed by atoms with Crippen molar-refractivity contribution in [3.05, 3.63) is 29.8 Å². The van der Waals surface area contributed by atoms with Gasteiger partial charge >= 0.3 is 0 Å². The Morgan fingerprint density at radius 1 is 1.44 bits per heavy atom. The van der Waals surface area contributed by atoms with Crippen molar-refractivity contribution in [1.82, 2.24) is 4.90 Å². The van der Waals surface area contributed by atoms with Gasteiger partial charge in [-0.15, -0.1) is 0 Å².